The highest BCUT2D eigenvalue weighted by molar-refractivity contribution is 5.93. The zero-order valence-electron chi connectivity index (χ0n) is 19.3. The fourth-order valence-corrected chi connectivity index (χ4v) is 3.43. The SMILES string of the molecule is C=O.CN.NN(/C(=C\Cc1ccc2c(c1)COC2=O)c1ccncc1)c1ccc(C(F)(F)F)c(F)c1. The molecule has 3 aromatic rings. The van der Waals surface area contributed by atoms with Gasteiger partial charge in [-0.15, -0.1) is 0 Å². The molecule has 11 heteroatoms. The van der Waals surface area contributed by atoms with E-state index in [9.17, 15) is 22.4 Å². The summed E-state index contributed by atoms with van der Waals surface area (Å²) >= 11 is 0. The Labute approximate surface area is 205 Å². The molecule has 2 heterocycles. The van der Waals surface area contributed by atoms with E-state index >= 15 is 0 Å². The van der Waals surface area contributed by atoms with Gasteiger partial charge in [0.25, 0.3) is 0 Å². The second-order valence-corrected chi connectivity index (χ2v) is 7.13. The lowest BCUT2D eigenvalue weighted by Gasteiger charge is -2.23. The van der Waals surface area contributed by atoms with Crippen LogP contribution >= 0.6 is 0 Å². The van der Waals surface area contributed by atoms with Gasteiger partial charge in [-0.2, -0.15) is 13.2 Å². The number of aromatic nitrogens is 1. The Morgan fingerprint density at radius 1 is 1.11 bits per heavy atom. The summed E-state index contributed by atoms with van der Waals surface area (Å²) in [6, 6.07) is 11.2. The third kappa shape index (κ3) is 6.52. The van der Waals surface area contributed by atoms with Crippen molar-refractivity contribution in [1.29, 1.82) is 0 Å². The fraction of sp³-hybridized carbons (Fsp3) is 0.160. The number of allylic oxidation sites excluding steroid dienone is 1. The van der Waals surface area contributed by atoms with Crippen molar-refractivity contribution in [2.45, 2.75) is 19.2 Å². The molecule has 0 radical (unpaired) electrons. The molecule has 0 atom stereocenters. The van der Waals surface area contributed by atoms with Crippen molar-refractivity contribution in [2.75, 3.05) is 12.1 Å². The van der Waals surface area contributed by atoms with Crippen LogP contribution in [0.3, 0.4) is 0 Å². The number of cyclic esters (lactones) is 1. The molecule has 4 rings (SSSR count). The highest BCUT2D eigenvalue weighted by Crippen LogP contribution is 2.34. The van der Waals surface area contributed by atoms with Crippen molar-refractivity contribution < 1.29 is 31.9 Å². The van der Waals surface area contributed by atoms with Crippen LogP contribution in [0.1, 0.15) is 32.6 Å². The van der Waals surface area contributed by atoms with Gasteiger partial charge in [0.2, 0.25) is 0 Å². The second-order valence-electron chi connectivity index (χ2n) is 7.13. The van der Waals surface area contributed by atoms with Crippen molar-refractivity contribution >= 4 is 24.1 Å². The number of carbonyl (C=O) groups is 2. The lowest BCUT2D eigenvalue weighted by Crippen LogP contribution is -2.29. The summed E-state index contributed by atoms with van der Waals surface area (Å²) in [5.41, 5.74) is 6.45. The van der Waals surface area contributed by atoms with Gasteiger partial charge >= 0.3 is 12.1 Å². The molecular formula is C25H24F4N4O3. The average molecular weight is 504 g/mol. The van der Waals surface area contributed by atoms with Crippen molar-refractivity contribution in [1.82, 2.24) is 4.98 Å². The van der Waals surface area contributed by atoms with E-state index in [2.05, 4.69) is 10.7 Å². The van der Waals surface area contributed by atoms with Gasteiger partial charge in [-0.05, 0) is 55.4 Å². The zero-order valence-corrected chi connectivity index (χ0v) is 19.3. The predicted molar refractivity (Wildman–Crippen MR) is 127 cm³/mol. The molecule has 0 spiro atoms. The van der Waals surface area contributed by atoms with E-state index < -0.39 is 17.6 Å². The lowest BCUT2D eigenvalue weighted by atomic mass is 10.0. The molecular weight excluding hydrogens is 480 g/mol. The first kappa shape index (κ1) is 28.1. The van der Waals surface area contributed by atoms with Gasteiger partial charge in [-0.25, -0.2) is 15.0 Å². The minimum absolute atomic E-state index is 0.0477. The molecule has 1 aromatic heterocycles. The third-order valence-corrected chi connectivity index (χ3v) is 5.05. The number of anilines is 1. The second kappa shape index (κ2) is 12.6. The first-order chi connectivity index (χ1) is 17.2. The summed E-state index contributed by atoms with van der Waals surface area (Å²) < 4.78 is 57.8. The van der Waals surface area contributed by atoms with Gasteiger partial charge < -0.3 is 15.3 Å². The van der Waals surface area contributed by atoms with Crippen LogP contribution in [0, 0.1) is 5.82 Å². The molecule has 1 aliphatic heterocycles. The third-order valence-electron chi connectivity index (χ3n) is 5.05. The van der Waals surface area contributed by atoms with Crippen molar-refractivity contribution in [2.24, 2.45) is 11.6 Å². The van der Waals surface area contributed by atoms with Crippen LogP contribution < -0.4 is 16.6 Å². The number of carbonyl (C=O) groups excluding carboxylic acids is 2. The number of hydrogen-bond acceptors (Lipinski definition) is 7. The normalized spacial score (nSPS) is 12.4. The number of alkyl halides is 3. The first-order valence-electron chi connectivity index (χ1n) is 10.4. The summed E-state index contributed by atoms with van der Waals surface area (Å²) in [6.07, 6.45) is 0.454. The van der Waals surface area contributed by atoms with E-state index in [-0.39, 0.29) is 18.3 Å². The molecule has 0 unspecified atom stereocenters. The molecule has 0 saturated heterocycles. The van der Waals surface area contributed by atoms with Crippen LogP contribution in [0.25, 0.3) is 5.70 Å². The number of rotatable bonds is 5. The Morgan fingerprint density at radius 3 is 2.39 bits per heavy atom. The molecule has 0 aliphatic carbocycles. The van der Waals surface area contributed by atoms with E-state index in [4.69, 9.17) is 15.4 Å². The van der Waals surface area contributed by atoms with Gasteiger partial charge in [0.05, 0.1) is 22.5 Å². The Hall–Kier alpha value is -4.09. The monoisotopic (exact) mass is 504 g/mol. The first-order valence-corrected chi connectivity index (χ1v) is 10.4. The maximum Gasteiger partial charge on any atom is 0.419 e. The van der Waals surface area contributed by atoms with E-state index in [0.29, 0.717) is 29.3 Å². The molecule has 0 fully saturated rings. The van der Waals surface area contributed by atoms with E-state index in [1.54, 1.807) is 42.7 Å². The zero-order chi connectivity index (χ0) is 26.9. The van der Waals surface area contributed by atoms with Gasteiger partial charge in [0.15, 0.2) is 0 Å². The topological polar surface area (TPSA) is 112 Å². The quantitative estimate of drug-likeness (QED) is 0.231. The molecule has 0 amide bonds. The van der Waals surface area contributed by atoms with E-state index in [1.807, 2.05) is 12.9 Å². The van der Waals surface area contributed by atoms with E-state index in [0.717, 1.165) is 28.3 Å². The number of pyridine rings is 1. The van der Waals surface area contributed by atoms with Crippen LogP contribution in [-0.4, -0.2) is 24.8 Å². The fourth-order valence-electron chi connectivity index (χ4n) is 3.43. The molecule has 0 bridgehead atoms. The summed E-state index contributed by atoms with van der Waals surface area (Å²) in [5.74, 6) is 4.43. The Morgan fingerprint density at radius 2 is 1.78 bits per heavy atom. The summed E-state index contributed by atoms with van der Waals surface area (Å²) in [7, 11) is 1.50. The van der Waals surface area contributed by atoms with Crippen LogP contribution in [0.15, 0.2) is 67.0 Å². The number of fused-ring (bicyclic) bond motifs is 1. The van der Waals surface area contributed by atoms with Crippen molar-refractivity contribution in [3.05, 3.63) is 101 Å². The van der Waals surface area contributed by atoms with Crippen LogP contribution in [0.2, 0.25) is 0 Å². The van der Waals surface area contributed by atoms with Crippen molar-refractivity contribution in [3.63, 3.8) is 0 Å². The number of benzene rings is 2. The van der Waals surface area contributed by atoms with Crippen LogP contribution in [-0.2, 0) is 28.7 Å². The minimum atomic E-state index is -4.80. The minimum Gasteiger partial charge on any atom is -0.457 e. The number of esters is 1. The summed E-state index contributed by atoms with van der Waals surface area (Å²) in [4.78, 5) is 23.6. The van der Waals surface area contributed by atoms with Crippen LogP contribution in [0.4, 0.5) is 23.2 Å². The highest BCUT2D eigenvalue weighted by Gasteiger charge is 2.34. The molecule has 1 aliphatic rings. The number of nitrogens with zero attached hydrogens (tertiary/aromatic N) is 2. The number of halogens is 4. The van der Waals surface area contributed by atoms with Crippen LogP contribution in [0.5, 0.6) is 0 Å². The maximum absolute atomic E-state index is 14.1. The standard InChI is InChI=1S/C23H17F4N3O2.CH5N.CH2O/c24-20-12-17(3-5-19(20)23(25,26)27)30(28)21(15-7-9-29-10-8-15)6-2-14-1-4-18-16(11-14)13-32-22(18)31;2*1-2/h1,3-12H,2,13,28H2;2H2,1H3;1H2/b21-6-;;. The smallest absolute Gasteiger partial charge is 0.419 e. The molecule has 190 valence electrons. The predicted octanol–water partition coefficient (Wildman–Crippen LogP) is 4.26. The van der Waals surface area contributed by atoms with Gasteiger partial charge in [0, 0.05) is 23.5 Å². The van der Waals surface area contributed by atoms with Gasteiger partial charge in [-0.3, -0.25) is 9.99 Å². The summed E-state index contributed by atoms with van der Waals surface area (Å²) in [6.45, 7) is 2.21. The highest BCUT2D eigenvalue weighted by atomic mass is 19.4. The number of hydrazine groups is 1. The maximum atomic E-state index is 14.1. The van der Waals surface area contributed by atoms with Crippen molar-refractivity contribution in [3.8, 4) is 0 Å². The Balaban J connectivity index is 0.00000109. The molecule has 7 nitrogen and oxygen atoms in total. The van der Waals surface area contributed by atoms with E-state index in [1.165, 1.54) is 7.05 Å². The molecule has 36 heavy (non-hydrogen) atoms. The Bertz CT molecular complexity index is 1220. The number of hydrogen-bond donors (Lipinski definition) is 2. The lowest BCUT2D eigenvalue weighted by molar-refractivity contribution is -0.140. The van der Waals surface area contributed by atoms with Gasteiger partial charge in [0.1, 0.15) is 19.2 Å². The number of ether oxygens (including phenoxy) is 1. The number of nitrogens with two attached hydrogens (primary N) is 2. The largest absolute Gasteiger partial charge is 0.457 e. The molecule has 0 saturated carbocycles. The molecule has 4 N–H and O–H groups in total. The van der Waals surface area contributed by atoms with Gasteiger partial charge in [-0.1, -0.05) is 18.2 Å². The summed E-state index contributed by atoms with van der Waals surface area (Å²) in [5, 5.41) is 1.12. The molecule has 2 aromatic carbocycles. The Kier molecular flexibility index (Phi) is 9.83. The average Bonchev–Trinajstić information content (AvgIpc) is 3.26.